The van der Waals surface area contributed by atoms with Gasteiger partial charge in [-0.2, -0.15) is 0 Å². The lowest BCUT2D eigenvalue weighted by molar-refractivity contribution is -0.187. The van der Waals surface area contributed by atoms with Crippen molar-refractivity contribution in [3.8, 4) is 0 Å². The van der Waals surface area contributed by atoms with Gasteiger partial charge in [-0.1, -0.05) is 30.3 Å². The Morgan fingerprint density at radius 3 is 2.54 bits per heavy atom. The maximum Gasteiger partial charge on any atom is 0.330 e. The molecule has 9 heteroatoms. The van der Waals surface area contributed by atoms with E-state index in [4.69, 9.17) is 9.47 Å². The highest BCUT2D eigenvalue weighted by atomic mass is 16.6. The number of nitrogens with zero attached hydrogens (tertiary/aromatic N) is 1. The Kier molecular flexibility index (Phi) is 5.35. The minimum absolute atomic E-state index is 0.177. The molecule has 1 saturated heterocycles. The van der Waals surface area contributed by atoms with Gasteiger partial charge in [0.1, 0.15) is 18.3 Å². The molecule has 0 amide bonds. The molecule has 9 nitrogen and oxygen atoms in total. The lowest BCUT2D eigenvalue weighted by Gasteiger charge is -2.33. The normalized spacial score (nSPS) is 28.3. The van der Waals surface area contributed by atoms with Gasteiger partial charge in [-0.3, -0.25) is 14.3 Å². The van der Waals surface area contributed by atoms with Crippen molar-refractivity contribution in [1.82, 2.24) is 9.55 Å². The van der Waals surface area contributed by atoms with E-state index >= 15 is 0 Å². The van der Waals surface area contributed by atoms with Gasteiger partial charge in [-0.25, -0.2) is 4.79 Å². The fourth-order valence-corrected chi connectivity index (χ4v) is 3.01. The van der Waals surface area contributed by atoms with E-state index in [0.29, 0.717) is 0 Å². The smallest absolute Gasteiger partial charge is 0.330 e. The molecule has 0 unspecified atom stereocenters. The van der Waals surface area contributed by atoms with Crippen LogP contribution in [0, 0.1) is 0 Å². The molecule has 0 saturated carbocycles. The number of benzene rings is 1. The molecule has 1 aromatic heterocycles. The third-order valence-electron chi connectivity index (χ3n) is 4.35. The number of rotatable bonds is 6. The van der Waals surface area contributed by atoms with Gasteiger partial charge in [-0.05, 0) is 5.56 Å². The summed E-state index contributed by atoms with van der Waals surface area (Å²) < 4.78 is 12.2. The largest absolute Gasteiger partial charge is 0.394 e. The number of H-pyrrole nitrogens is 1. The second-order valence-electron chi connectivity index (χ2n) is 6.08. The zero-order valence-corrected chi connectivity index (χ0v) is 13.8. The van der Waals surface area contributed by atoms with Gasteiger partial charge in [0.2, 0.25) is 5.72 Å². The molecule has 0 radical (unpaired) electrons. The predicted octanol–water partition coefficient (Wildman–Crippen LogP) is -1.48. The van der Waals surface area contributed by atoms with Crippen molar-refractivity contribution in [2.45, 2.75) is 30.6 Å². The number of aromatic amines is 1. The van der Waals surface area contributed by atoms with Gasteiger partial charge in [0.15, 0.2) is 0 Å². The van der Waals surface area contributed by atoms with Gasteiger partial charge < -0.3 is 24.8 Å². The molecule has 3 rings (SSSR count). The van der Waals surface area contributed by atoms with Crippen LogP contribution >= 0.6 is 0 Å². The quantitative estimate of drug-likeness (QED) is 0.491. The number of aromatic nitrogens is 2. The van der Waals surface area contributed by atoms with E-state index in [9.17, 15) is 24.9 Å². The van der Waals surface area contributed by atoms with Crippen LogP contribution in [0.1, 0.15) is 5.56 Å². The van der Waals surface area contributed by atoms with Crippen LogP contribution in [0.3, 0.4) is 0 Å². The van der Waals surface area contributed by atoms with Crippen molar-refractivity contribution < 1.29 is 24.8 Å². The summed E-state index contributed by atoms with van der Waals surface area (Å²) in [7, 11) is 0. The van der Waals surface area contributed by atoms with E-state index in [1.807, 2.05) is 30.3 Å². The Labute approximate surface area is 148 Å². The zero-order valence-electron chi connectivity index (χ0n) is 13.8. The van der Waals surface area contributed by atoms with E-state index in [2.05, 4.69) is 4.98 Å². The van der Waals surface area contributed by atoms with Crippen molar-refractivity contribution in [1.29, 1.82) is 0 Å². The summed E-state index contributed by atoms with van der Waals surface area (Å²) in [6.45, 7) is -0.671. The first-order valence-corrected chi connectivity index (χ1v) is 8.07. The number of aliphatic hydroxyl groups excluding tert-OH is 3. The molecular weight excluding hydrogens is 344 g/mol. The van der Waals surface area contributed by atoms with Crippen LogP contribution in [0.25, 0.3) is 0 Å². The highest BCUT2D eigenvalue weighted by Crippen LogP contribution is 2.35. The molecule has 0 bridgehead atoms. The molecule has 26 heavy (non-hydrogen) atoms. The molecule has 1 aliphatic heterocycles. The Morgan fingerprint density at radius 2 is 1.92 bits per heavy atom. The molecule has 140 valence electrons. The average Bonchev–Trinajstić information content (AvgIpc) is 2.88. The standard InChI is InChI=1S/C17H20N2O7/c20-8-12-14(22)15(23)17(26-12,19-7-6-13(21)18-16(19)24)10-25-9-11-4-2-1-3-5-11/h1-7,12,14-15,20,22-23H,8-10H2,(H,18,21,24)/t12-,14-,15-,17-/m1/s1. The van der Waals surface area contributed by atoms with Gasteiger partial charge >= 0.3 is 5.69 Å². The summed E-state index contributed by atoms with van der Waals surface area (Å²) in [4.78, 5) is 25.6. The maximum absolute atomic E-state index is 12.2. The third-order valence-corrected chi connectivity index (χ3v) is 4.35. The molecule has 4 N–H and O–H groups in total. The number of hydrogen-bond acceptors (Lipinski definition) is 7. The van der Waals surface area contributed by atoms with Crippen molar-refractivity contribution in [3.05, 3.63) is 69.0 Å². The van der Waals surface area contributed by atoms with Crippen LogP contribution in [0.5, 0.6) is 0 Å². The summed E-state index contributed by atoms with van der Waals surface area (Å²) in [5.74, 6) is 0. The van der Waals surface area contributed by atoms with Gasteiger partial charge in [0.25, 0.3) is 5.56 Å². The van der Waals surface area contributed by atoms with E-state index in [1.165, 1.54) is 0 Å². The Hall–Kier alpha value is -2.30. The summed E-state index contributed by atoms with van der Waals surface area (Å²) in [6.07, 6.45) is -2.94. The molecule has 2 aromatic rings. The fourth-order valence-electron chi connectivity index (χ4n) is 3.01. The third kappa shape index (κ3) is 3.35. The minimum Gasteiger partial charge on any atom is -0.394 e. The average molecular weight is 364 g/mol. The number of ether oxygens (including phenoxy) is 2. The second kappa shape index (κ2) is 7.52. The minimum atomic E-state index is -1.79. The van der Waals surface area contributed by atoms with Crippen molar-refractivity contribution in [2.75, 3.05) is 13.2 Å². The van der Waals surface area contributed by atoms with E-state index in [-0.39, 0.29) is 13.2 Å². The first-order valence-electron chi connectivity index (χ1n) is 8.07. The maximum atomic E-state index is 12.2. The van der Waals surface area contributed by atoms with Crippen LogP contribution < -0.4 is 11.2 Å². The molecular formula is C17H20N2O7. The summed E-state index contributed by atoms with van der Waals surface area (Å²) in [6, 6.07) is 10.3. The lowest BCUT2D eigenvalue weighted by atomic mass is 10.0. The van der Waals surface area contributed by atoms with Crippen molar-refractivity contribution >= 4 is 0 Å². The molecule has 1 aromatic carbocycles. The van der Waals surface area contributed by atoms with E-state index < -0.39 is 41.9 Å². The first-order chi connectivity index (χ1) is 12.5. The van der Waals surface area contributed by atoms with Crippen LogP contribution in [-0.4, -0.2) is 56.4 Å². The topological polar surface area (TPSA) is 134 Å². The molecule has 0 spiro atoms. The highest BCUT2D eigenvalue weighted by molar-refractivity contribution is 5.13. The van der Waals surface area contributed by atoms with E-state index in [0.717, 1.165) is 22.4 Å². The van der Waals surface area contributed by atoms with Crippen LogP contribution in [0.15, 0.2) is 52.2 Å². The monoisotopic (exact) mass is 364 g/mol. The molecule has 2 heterocycles. The van der Waals surface area contributed by atoms with Crippen LogP contribution in [0.2, 0.25) is 0 Å². The Bertz CT molecular complexity index is 850. The summed E-state index contributed by atoms with van der Waals surface area (Å²) in [5, 5.41) is 30.0. The van der Waals surface area contributed by atoms with Gasteiger partial charge in [-0.15, -0.1) is 0 Å². The SMILES string of the molecule is O=c1ccn([C@]2(COCc3ccccc3)O[C@H](CO)[C@@H](O)[C@H]2O)c(=O)[nH]1. The lowest BCUT2D eigenvalue weighted by Crippen LogP contribution is -2.54. The fraction of sp³-hybridized carbons (Fsp3) is 0.412. The molecule has 0 aliphatic carbocycles. The molecule has 1 aliphatic rings. The molecule has 4 atom stereocenters. The molecule has 1 fully saturated rings. The van der Waals surface area contributed by atoms with Gasteiger partial charge in [0.05, 0.1) is 19.8 Å². The van der Waals surface area contributed by atoms with Crippen molar-refractivity contribution in [2.24, 2.45) is 0 Å². The van der Waals surface area contributed by atoms with Gasteiger partial charge in [0, 0.05) is 12.3 Å². The van der Waals surface area contributed by atoms with E-state index in [1.54, 1.807) is 0 Å². The highest BCUT2D eigenvalue weighted by Gasteiger charge is 2.56. The first kappa shape index (κ1) is 18.5. The Balaban J connectivity index is 1.92. The van der Waals surface area contributed by atoms with Crippen molar-refractivity contribution in [3.63, 3.8) is 0 Å². The number of aliphatic hydroxyl groups is 3. The van der Waals surface area contributed by atoms with Crippen LogP contribution in [0.4, 0.5) is 0 Å². The van der Waals surface area contributed by atoms with Crippen LogP contribution in [-0.2, 0) is 21.8 Å². The predicted molar refractivity (Wildman–Crippen MR) is 89.4 cm³/mol. The number of nitrogens with one attached hydrogen (secondary N) is 1. The zero-order chi connectivity index (χ0) is 18.7. The number of hydrogen-bond donors (Lipinski definition) is 4. The summed E-state index contributed by atoms with van der Waals surface area (Å²) >= 11 is 0. The second-order valence-corrected chi connectivity index (χ2v) is 6.08. The summed E-state index contributed by atoms with van der Waals surface area (Å²) in [5.41, 5.74) is -2.37. The Morgan fingerprint density at radius 1 is 1.19 bits per heavy atom.